The number of allylic oxidation sites excluding steroid dienone is 1. The van der Waals surface area contributed by atoms with Gasteiger partial charge in [-0.25, -0.2) is 4.31 Å². The zero-order valence-corrected chi connectivity index (χ0v) is 20.5. The van der Waals surface area contributed by atoms with Gasteiger partial charge in [0.05, 0.1) is 0 Å². The number of hydrogen-bond donors (Lipinski definition) is 1. The second-order valence-corrected chi connectivity index (χ2v) is 10.9. The molecule has 1 unspecified atom stereocenters. The van der Waals surface area contributed by atoms with E-state index in [0.29, 0.717) is 6.04 Å². The number of benzene rings is 1. The Morgan fingerprint density at radius 3 is 2.74 bits per heavy atom. The number of ether oxygens (including phenoxy) is 1. The maximum atomic E-state index is 11.5. The van der Waals surface area contributed by atoms with Crippen molar-refractivity contribution in [1.82, 2.24) is 4.31 Å². The standard InChI is InChI=1S/C24H33NO4S2/c1-16-9-10-21(29-18(3)26)23(28)22(16)24-11-6-5-8-20(24)17(2)25(13-12-24)31-15-7-14-30-19(4)27/h5,8-10,17,20,28H,6-7,11-15H2,1-4H3/t17-,20?,24-/m1/s1. The third kappa shape index (κ3) is 5.32. The predicted molar refractivity (Wildman–Crippen MR) is 129 cm³/mol. The van der Waals surface area contributed by atoms with Crippen LogP contribution in [0.5, 0.6) is 11.5 Å². The molecule has 0 radical (unpaired) electrons. The van der Waals surface area contributed by atoms with Crippen LogP contribution in [0.15, 0.2) is 24.3 Å². The molecule has 1 fully saturated rings. The molecule has 1 aliphatic heterocycles. The number of hydrogen-bond acceptors (Lipinski definition) is 7. The molecule has 0 spiro atoms. The van der Waals surface area contributed by atoms with Gasteiger partial charge >= 0.3 is 5.97 Å². The smallest absolute Gasteiger partial charge is 0.308 e. The number of carbonyl (C=O) groups is 2. The number of nitrogens with zero attached hydrogens (tertiary/aromatic N) is 1. The van der Waals surface area contributed by atoms with Gasteiger partial charge in [0, 0.05) is 54.8 Å². The van der Waals surface area contributed by atoms with E-state index in [1.54, 1.807) is 13.0 Å². The Hall–Kier alpha value is -1.44. The Morgan fingerprint density at radius 2 is 2.03 bits per heavy atom. The predicted octanol–water partition coefficient (Wildman–Crippen LogP) is 5.24. The second-order valence-electron chi connectivity index (χ2n) is 8.50. The lowest BCUT2D eigenvalue weighted by Gasteiger charge is -2.53. The summed E-state index contributed by atoms with van der Waals surface area (Å²) in [5, 5.41) is 11.3. The summed E-state index contributed by atoms with van der Waals surface area (Å²) < 4.78 is 7.77. The maximum absolute atomic E-state index is 11.5. The number of thioether (sulfide) groups is 1. The lowest BCUT2D eigenvalue weighted by atomic mass is 9.58. The Labute approximate surface area is 194 Å². The van der Waals surface area contributed by atoms with Crippen molar-refractivity contribution in [2.75, 3.05) is 18.1 Å². The van der Waals surface area contributed by atoms with Crippen molar-refractivity contribution in [2.24, 2.45) is 5.92 Å². The molecule has 31 heavy (non-hydrogen) atoms. The average Bonchev–Trinajstić information content (AvgIpc) is 2.71. The van der Waals surface area contributed by atoms with Gasteiger partial charge < -0.3 is 9.84 Å². The fourth-order valence-electron chi connectivity index (χ4n) is 5.14. The molecule has 2 aliphatic rings. The van der Waals surface area contributed by atoms with E-state index in [1.165, 1.54) is 18.7 Å². The van der Waals surface area contributed by atoms with E-state index in [0.717, 1.165) is 54.9 Å². The number of piperidine rings is 1. The molecule has 0 saturated carbocycles. The first-order chi connectivity index (χ1) is 14.8. The zero-order valence-electron chi connectivity index (χ0n) is 18.8. The van der Waals surface area contributed by atoms with E-state index >= 15 is 0 Å². The van der Waals surface area contributed by atoms with E-state index in [9.17, 15) is 14.7 Å². The molecule has 170 valence electrons. The summed E-state index contributed by atoms with van der Waals surface area (Å²) in [7, 11) is 0. The van der Waals surface area contributed by atoms with Crippen molar-refractivity contribution < 1.29 is 19.4 Å². The summed E-state index contributed by atoms with van der Waals surface area (Å²) in [6.45, 7) is 8.22. The van der Waals surface area contributed by atoms with Gasteiger partial charge in [0.1, 0.15) is 0 Å². The molecule has 3 rings (SSSR count). The monoisotopic (exact) mass is 463 g/mol. The van der Waals surface area contributed by atoms with Gasteiger partial charge in [-0.05, 0) is 51.2 Å². The molecule has 1 aliphatic carbocycles. The lowest BCUT2D eigenvalue weighted by Crippen LogP contribution is -2.53. The highest BCUT2D eigenvalue weighted by atomic mass is 32.2. The molecule has 3 atom stereocenters. The third-order valence-corrected chi connectivity index (χ3v) is 8.66. The second kappa shape index (κ2) is 10.5. The molecule has 1 saturated heterocycles. The summed E-state index contributed by atoms with van der Waals surface area (Å²) >= 11 is 3.27. The van der Waals surface area contributed by atoms with E-state index in [-0.39, 0.29) is 27.9 Å². The number of phenols is 1. The third-order valence-electron chi connectivity index (χ3n) is 6.44. The van der Waals surface area contributed by atoms with Crippen molar-refractivity contribution in [3.05, 3.63) is 35.4 Å². The van der Waals surface area contributed by atoms with Crippen molar-refractivity contribution in [1.29, 1.82) is 0 Å². The number of fused-ring (bicyclic) bond motifs is 1. The van der Waals surface area contributed by atoms with Gasteiger partial charge in [-0.2, -0.15) is 0 Å². The molecule has 1 heterocycles. The van der Waals surface area contributed by atoms with Crippen LogP contribution in [0.1, 0.15) is 57.6 Å². The van der Waals surface area contributed by atoms with Crippen LogP contribution in [0.2, 0.25) is 0 Å². The Kier molecular flexibility index (Phi) is 8.16. The fourth-order valence-corrected chi connectivity index (χ4v) is 6.99. The number of phenolic OH excluding ortho intramolecular Hbond substituents is 1. The number of aromatic hydroxyl groups is 1. The van der Waals surface area contributed by atoms with Gasteiger partial charge in [0.2, 0.25) is 0 Å². The minimum atomic E-state index is -0.426. The molecule has 1 N–H and O–H groups in total. The quantitative estimate of drug-likeness (QED) is 0.195. The van der Waals surface area contributed by atoms with Gasteiger partial charge in [-0.1, -0.05) is 41.9 Å². The first-order valence-electron chi connectivity index (χ1n) is 11.0. The highest BCUT2D eigenvalue weighted by molar-refractivity contribution is 8.13. The van der Waals surface area contributed by atoms with Crippen LogP contribution in [-0.2, 0) is 15.0 Å². The van der Waals surface area contributed by atoms with Crippen molar-refractivity contribution in [3.8, 4) is 11.5 Å². The van der Waals surface area contributed by atoms with Gasteiger partial charge in [-0.3, -0.25) is 9.59 Å². The van der Waals surface area contributed by atoms with Gasteiger partial charge in [0.15, 0.2) is 16.6 Å². The largest absolute Gasteiger partial charge is 0.504 e. The number of aryl methyl sites for hydroxylation is 1. The molecular weight excluding hydrogens is 430 g/mol. The fraction of sp³-hybridized carbons (Fsp3) is 0.583. The normalized spacial score (nSPS) is 25.8. The SMILES string of the molecule is CC(=O)Oc1ccc(C)c([C@@]23CCC=CC2[C@@H](C)N(SCCCSC(C)=O)CC3)c1O. The average molecular weight is 464 g/mol. The topological polar surface area (TPSA) is 66.8 Å². The van der Waals surface area contributed by atoms with E-state index < -0.39 is 5.97 Å². The van der Waals surface area contributed by atoms with Crippen LogP contribution in [0.4, 0.5) is 0 Å². The molecule has 1 aromatic carbocycles. The number of rotatable bonds is 7. The van der Waals surface area contributed by atoms with Crippen LogP contribution in [0.25, 0.3) is 0 Å². The van der Waals surface area contributed by atoms with E-state index in [4.69, 9.17) is 4.74 Å². The molecule has 0 aromatic heterocycles. The Balaban J connectivity index is 1.83. The molecule has 1 aromatic rings. The van der Waals surface area contributed by atoms with Crippen molar-refractivity contribution in [3.63, 3.8) is 0 Å². The molecule has 5 nitrogen and oxygen atoms in total. The van der Waals surface area contributed by atoms with Crippen LogP contribution in [0.3, 0.4) is 0 Å². The summed E-state index contributed by atoms with van der Waals surface area (Å²) in [6.07, 6.45) is 8.50. The first kappa shape index (κ1) is 24.2. The van der Waals surface area contributed by atoms with E-state index in [1.807, 2.05) is 24.9 Å². The lowest BCUT2D eigenvalue weighted by molar-refractivity contribution is -0.132. The molecule has 7 heteroatoms. The Bertz CT molecular complexity index is 856. The highest BCUT2D eigenvalue weighted by Crippen LogP contribution is 2.54. The molecule has 0 amide bonds. The van der Waals surface area contributed by atoms with Crippen molar-refractivity contribution in [2.45, 2.75) is 64.8 Å². The number of esters is 1. The van der Waals surface area contributed by atoms with Crippen LogP contribution in [0, 0.1) is 12.8 Å². The first-order valence-corrected chi connectivity index (χ1v) is 12.9. The minimum absolute atomic E-state index is 0.116. The zero-order chi connectivity index (χ0) is 22.6. The van der Waals surface area contributed by atoms with Crippen LogP contribution in [-0.4, -0.2) is 44.6 Å². The molecule has 0 bridgehead atoms. The summed E-state index contributed by atoms with van der Waals surface area (Å²) in [5.41, 5.74) is 1.82. The molecular formula is C24H33NO4S2. The van der Waals surface area contributed by atoms with Crippen LogP contribution < -0.4 is 4.74 Å². The minimum Gasteiger partial charge on any atom is -0.504 e. The summed E-state index contributed by atoms with van der Waals surface area (Å²) in [6, 6.07) is 3.95. The summed E-state index contributed by atoms with van der Waals surface area (Å²) in [5.74, 6) is 2.08. The van der Waals surface area contributed by atoms with Crippen molar-refractivity contribution >= 4 is 34.8 Å². The van der Waals surface area contributed by atoms with Crippen LogP contribution >= 0.6 is 23.7 Å². The van der Waals surface area contributed by atoms with E-state index in [2.05, 4.69) is 23.4 Å². The Morgan fingerprint density at radius 1 is 1.26 bits per heavy atom. The van der Waals surface area contributed by atoms with Gasteiger partial charge in [0.25, 0.3) is 0 Å². The maximum Gasteiger partial charge on any atom is 0.308 e. The number of carbonyl (C=O) groups excluding carboxylic acids is 2. The highest BCUT2D eigenvalue weighted by Gasteiger charge is 2.49. The van der Waals surface area contributed by atoms with Gasteiger partial charge in [-0.15, -0.1) is 0 Å². The summed E-state index contributed by atoms with van der Waals surface area (Å²) in [4.78, 5) is 22.6.